The summed E-state index contributed by atoms with van der Waals surface area (Å²) in [4.78, 5) is 87.0. The van der Waals surface area contributed by atoms with Crippen molar-refractivity contribution in [2.45, 2.75) is 141 Å². The van der Waals surface area contributed by atoms with Gasteiger partial charge in [-0.15, -0.1) is 11.8 Å². The van der Waals surface area contributed by atoms with Gasteiger partial charge in [0.15, 0.2) is 0 Å². The molecule has 12 heteroatoms. The van der Waals surface area contributed by atoms with Crippen LogP contribution in [0, 0.1) is 34.5 Å². The number of amides is 5. The van der Waals surface area contributed by atoms with Gasteiger partial charge >= 0.3 is 0 Å². The number of thioether (sulfide) groups is 1. The van der Waals surface area contributed by atoms with Crippen LogP contribution in [0.25, 0.3) is 0 Å². The second kappa shape index (κ2) is 15.6. The fourth-order valence-electron chi connectivity index (χ4n) is 10.6. The Labute approximate surface area is 335 Å². The standard InChI is InChI=1S/C44H59N5O6S/c1-43(2)30-24-49(35(33(30)43)39(52)46-31(21-25-11-9-12-25)36(50)40(53)45-29-16-17-29)42(55)34(28-22-26-13-5-6-14-27(26)23-28)47-41(54)37(44(3)18-7-4-8-19-44)48-38(51)32-15-10-20-56-32/h5-6,13-15,25,28-31,33-35,37H,4,7-12,16-24H2,1-3H3,(H,45,53)(H,46,52)(H,47,54)(H,48,51)/t30-,31?,33-,34-,35-,37+/m0/s1. The number of hydrogen-bond acceptors (Lipinski definition) is 7. The van der Waals surface area contributed by atoms with E-state index in [-0.39, 0.29) is 52.8 Å². The van der Waals surface area contributed by atoms with Crippen molar-refractivity contribution >= 4 is 47.1 Å². The molecule has 5 amide bonds. The molecule has 5 aliphatic carbocycles. The molecule has 2 heterocycles. The molecule has 1 aromatic carbocycles. The van der Waals surface area contributed by atoms with Crippen molar-refractivity contribution < 1.29 is 28.8 Å². The fraction of sp³-hybridized carbons (Fsp3) is 0.682. The van der Waals surface area contributed by atoms with E-state index in [1.165, 1.54) is 11.8 Å². The summed E-state index contributed by atoms with van der Waals surface area (Å²) in [5.41, 5.74) is 1.61. The highest BCUT2D eigenvalue weighted by Crippen LogP contribution is 2.65. The quantitative estimate of drug-likeness (QED) is 0.205. The number of hydrogen-bond donors (Lipinski definition) is 4. The first-order valence-electron chi connectivity index (χ1n) is 21.3. The molecule has 8 rings (SSSR count). The van der Waals surface area contributed by atoms with E-state index in [0.717, 1.165) is 87.5 Å². The molecule has 1 aromatic rings. The summed E-state index contributed by atoms with van der Waals surface area (Å²) >= 11 is 1.50. The van der Waals surface area contributed by atoms with E-state index in [9.17, 15) is 24.0 Å². The topological polar surface area (TPSA) is 154 Å². The van der Waals surface area contributed by atoms with Gasteiger partial charge in [0.1, 0.15) is 18.1 Å². The van der Waals surface area contributed by atoms with Gasteiger partial charge in [0.25, 0.3) is 11.8 Å². The molecule has 6 atom stereocenters. The minimum Gasteiger partial charge on any atom is -0.347 e. The van der Waals surface area contributed by atoms with Crippen molar-refractivity contribution in [2.75, 3.05) is 12.3 Å². The van der Waals surface area contributed by atoms with Crippen LogP contribution in [0.5, 0.6) is 0 Å². The first-order valence-corrected chi connectivity index (χ1v) is 22.3. The zero-order valence-electron chi connectivity index (χ0n) is 33.2. The van der Waals surface area contributed by atoms with Crippen molar-refractivity contribution in [1.82, 2.24) is 26.2 Å². The SMILES string of the molecule is CC1([C@H](NC(=O)C2=CCCS2)C(=O)N[C@H](C(=O)N2C[C@H]3[C@@H]([C@H]2C(=O)NC(CC2CCC2)C(=O)C(=O)NC2CC2)C3(C)C)C2Cc3ccccc3C2)CCCCC1. The van der Waals surface area contributed by atoms with Gasteiger partial charge in [0, 0.05) is 18.3 Å². The molecule has 5 fully saturated rings. The molecule has 56 heavy (non-hydrogen) atoms. The molecule has 0 aromatic heterocycles. The van der Waals surface area contributed by atoms with Gasteiger partial charge in [-0.3, -0.25) is 28.8 Å². The third-order valence-electron chi connectivity index (χ3n) is 14.6. The first kappa shape index (κ1) is 39.2. The summed E-state index contributed by atoms with van der Waals surface area (Å²) in [6.45, 7) is 6.69. The maximum absolute atomic E-state index is 15.2. The van der Waals surface area contributed by atoms with Crippen molar-refractivity contribution in [2.24, 2.45) is 34.5 Å². The molecule has 0 spiro atoms. The van der Waals surface area contributed by atoms with Crippen LogP contribution in [0.15, 0.2) is 35.2 Å². The third kappa shape index (κ3) is 7.80. The van der Waals surface area contributed by atoms with E-state index in [1.54, 1.807) is 4.90 Å². The number of likely N-dealkylation sites (tertiary alicyclic amines) is 1. The number of piperidine rings is 1. The highest BCUT2D eigenvalue weighted by molar-refractivity contribution is 8.04. The number of nitrogens with zero attached hydrogens (tertiary/aromatic N) is 1. The normalized spacial score (nSPS) is 27.7. The van der Waals surface area contributed by atoms with Gasteiger partial charge in [-0.25, -0.2) is 0 Å². The monoisotopic (exact) mass is 785 g/mol. The Bertz CT molecular complexity index is 1770. The third-order valence-corrected chi connectivity index (χ3v) is 15.7. The van der Waals surface area contributed by atoms with Crippen LogP contribution in [-0.2, 0) is 41.6 Å². The molecular weight excluding hydrogens is 727 g/mol. The lowest BCUT2D eigenvalue weighted by Crippen LogP contribution is -2.63. The summed E-state index contributed by atoms with van der Waals surface area (Å²) in [5.74, 6) is -1.78. The van der Waals surface area contributed by atoms with Gasteiger partial charge in [-0.1, -0.05) is 89.6 Å². The number of rotatable bonds is 14. The minimum atomic E-state index is -0.960. The van der Waals surface area contributed by atoms with Crippen molar-refractivity contribution in [3.8, 4) is 0 Å². The lowest BCUT2D eigenvalue weighted by molar-refractivity contribution is -0.146. The van der Waals surface area contributed by atoms with Crippen LogP contribution in [-0.4, -0.2) is 82.7 Å². The van der Waals surface area contributed by atoms with Crippen LogP contribution >= 0.6 is 11.8 Å². The lowest BCUT2D eigenvalue weighted by atomic mass is 9.70. The largest absolute Gasteiger partial charge is 0.347 e. The van der Waals surface area contributed by atoms with Crippen LogP contribution < -0.4 is 21.3 Å². The summed E-state index contributed by atoms with van der Waals surface area (Å²) in [6, 6.07) is 4.57. The molecule has 4 N–H and O–H groups in total. The highest BCUT2D eigenvalue weighted by Gasteiger charge is 2.70. The molecule has 1 unspecified atom stereocenters. The van der Waals surface area contributed by atoms with Crippen LogP contribution in [0.3, 0.4) is 0 Å². The number of carbonyl (C=O) groups is 6. The lowest BCUT2D eigenvalue weighted by Gasteiger charge is -2.41. The van der Waals surface area contributed by atoms with Crippen molar-refractivity contribution in [3.05, 3.63) is 46.4 Å². The predicted octanol–water partition coefficient (Wildman–Crippen LogP) is 4.37. The molecule has 4 saturated carbocycles. The van der Waals surface area contributed by atoms with Gasteiger partial charge in [0.05, 0.1) is 10.9 Å². The Balaban J connectivity index is 1.07. The predicted molar refractivity (Wildman–Crippen MR) is 214 cm³/mol. The van der Waals surface area contributed by atoms with E-state index in [0.29, 0.717) is 30.7 Å². The summed E-state index contributed by atoms with van der Waals surface area (Å²) in [6.07, 6.45) is 13.6. The maximum Gasteiger partial charge on any atom is 0.289 e. The van der Waals surface area contributed by atoms with Crippen molar-refractivity contribution in [1.29, 1.82) is 0 Å². The molecule has 302 valence electrons. The smallest absolute Gasteiger partial charge is 0.289 e. The van der Waals surface area contributed by atoms with Gasteiger partial charge < -0.3 is 26.2 Å². The summed E-state index contributed by atoms with van der Waals surface area (Å²) in [7, 11) is 0. The Morgan fingerprint density at radius 1 is 0.875 bits per heavy atom. The number of Topliss-reactive ketones (excluding diaryl/α,β-unsaturated/α-hetero) is 1. The zero-order valence-corrected chi connectivity index (χ0v) is 34.0. The second-order valence-electron chi connectivity index (χ2n) is 18.8. The average molecular weight is 786 g/mol. The van der Waals surface area contributed by atoms with Crippen molar-refractivity contribution in [3.63, 3.8) is 0 Å². The minimum absolute atomic E-state index is 0.0173. The Morgan fingerprint density at radius 3 is 2.18 bits per heavy atom. The molecular formula is C44H59N5O6S. The number of ketones is 1. The number of carbonyl (C=O) groups excluding carboxylic acids is 6. The zero-order chi connectivity index (χ0) is 39.4. The fourth-order valence-corrected chi connectivity index (χ4v) is 11.5. The highest BCUT2D eigenvalue weighted by atomic mass is 32.2. The number of allylic oxidation sites excluding steroid dienone is 1. The number of fused-ring (bicyclic) bond motifs is 2. The van der Waals surface area contributed by atoms with E-state index in [4.69, 9.17) is 0 Å². The second-order valence-corrected chi connectivity index (χ2v) is 20.0. The molecule has 7 aliphatic rings. The summed E-state index contributed by atoms with van der Waals surface area (Å²) < 4.78 is 0. The van der Waals surface area contributed by atoms with Crippen LogP contribution in [0.4, 0.5) is 0 Å². The Hall–Kier alpha value is -3.67. The average Bonchev–Trinajstić information content (AvgIpc) is 3.72. The Morgan fingerprint density at radius 2 is 1.57 bits per heavy atom. The van der Waals surface area contributed by atoms with E-state index >= 15 is 4.79 Å². The molecule has 0 radical (unpaired) electrons. The summed E-state index contributed by atoms with van der Waals surface area (Å²) in [5, 5.41) is 12.2. The maximum atomic E-state index is 15.2. The van der Waals surface area contributed by atoms with Gasteiger partial charge in [0.2, 0.25) is 23.5 Å². The molecule has 0 bridgehead atoms. The van der Waals surface area contributed by atoms with E-state index in [2.05, 4.69) is 54.2 Å². The van der Waals surface area contributed by atoms with E-state index in [1.807, 2.05) is 18.2 Å². The number of nitrogens with one attached hydrogen (secondary N) is 4. The molecule has 11 nitrogen and oxygen atoms in total. The molecule has 1 saturated heterocycles. The first-order chi connectivity index (χ1) is 26.8. The molecule has 2 aliphatic heterocycles. The van der Waals surface area contributed by atoms with Gasteiger partial charge in [-0.2, -0.15) is 0 Å². The van der Waals surface area contributed by atoms with E-state index < -0.39 is 47.2 Å². The van der Waals surface area contributed by atoms with Gasteiger partial charge in [-0.05, 0) is 97.0 Å². The number of benzene rings is 1. The van der Waals surface area contributed by atoms with Crippen LogP contribution in [0.2, 0.25) is 0 Å². The Kier molecular flexibility index (Phi) is 10.9. The van der Waals surface area contributed by atoms with Crippen LogP contribution in [0.1, 0.15) is 109 Å².